The fourth-order valence-electron chi connectivity index (χ4n) is 1.53. The quantitative estimate of drug-likeness (QED) is 0.896. The van der Waals surface area contributed by atoms with Crippen molar-refractivity contribution in [2.75, 3.05) is 16.8 Å². The summed E-state index contributed by atoms with van der Waals surface area (Å²) in [4.78, 5) is 4.31. The van der Waals surface area contributed by atoms with Gasteiger partial charge in [-0.1, -0.05) is 0 Å². The number of rotatable bonds is 2. The molecule has 1 N–H and O–H groups in total. The molecule has 0 spiro atoms. The number of hydrogen-bond acceptors (Lipinski definition) is 3. The van der Waals surface area contributed by atoms with Gasteiger partial charge >= 0.3 is 0 Å². The lowest BCUT2D eigenvalue weighted by molar-refractivity contribution is 0.663. The number of pyridine rings is 1. The Bertz CT molecular complexity index is 300. The van der Waals surface area contributed by atoms with Gasteiger partial charge in [0.2, 0.25) is 0 Å². The Hall–Kier alpha value is -0.220. The van der Waals surface area contributed by atoms with E-state index in [1.807, 2.05) is 30.1 Å². The molecule has 4 heteroatoms. The molecular formula is C10H13BrN2S. The fraction of sp³-hybridized carbons (Fsp3) is 0.500. The summed E-state index contributed by atoms with van der Waals surface area (Å²) in [5.41, 5.74) is 0. The average molecular weight is 273 g/mol. The van der Waals surface area contributed by atoms with Crippen LogP contribution >= 0.6 is 27.7 Å². The van der Waals surface area contributed by atoms with E-state index < -0.39 is 0 Å². The molecule has 0 radical (unpaired) electrons. The highest BCUT2D eigenvalue weighted by Crippen LogP contribution is 2.24. The van der Waals surface area contributed by atoms with E-state index in [-0.39, 0.29) is 0 Å². The second-order valence-electron chi connectivity index (χ2n) is 3.36. The molecule has 0 bridgehead atoms. The normalized spacial score (nSPS) is 18.1. The second kappa shape index (κ2) is 5.03. The summed E-state index contributed by atoms with van der Waals surface area (Å²) < 4.78 is 1.05. The van der Waals surface area contributed by atoms with Gasteiger partial charge in [0.05, 0.1) is 4.47 Å². The van der Waals surface area contributed by atoms with Gasteiger partial charge in [-0.25, -0.2) is 4.98 Å². The van der Waals surface area contributed by atoms with Crippen molar-refractivity contribution in [1.29, 1.82) is 0 Å². The van der Waals surface area contributed by atoms with Crippen LogP contribution in [-0.4, -0.2) is 22.5 Å². The van der Waals surface area contributed by atoms with Crippen LogP contribution in [0.15, 0.2) is 22.8 Å². The van der Waals surface area contributed by atoms with E-state index in [2.05, 4.69) is 26.2 Å². The van der Waals surface area contributed by atoms with Gasteiger partial charge in [0.15, 0.2) is 0 Å². The third-order valence-electron chi connectivity index (χ3n) is 2.32. The Labute approximate surface area is 97.0 Å². The maximum Gasteiger partial charge on any atom is 0.140 e. The van der Waals surface area contributed by atoms with Gasteiger partial charge in [0, 0.05) is 12.2 Å². The molecule has 1 aliphatic heterocycles. The smallest absolute Gasteiger partial charge is 0.140 e. The average Bonchev–Trinajstić information content (AvgIpc) is 2.23. The number of halogens is 1. The highest BCUT2D eigenvalue weighted by molar-refractivity contribution is 9.10. The van der Waals surface area contributed by atoms with Gasteiger partial charge in [0.1, 0.15) is 5.82 Å². The minimum atomic E-state index is 0.599. The predicted octanol–water partition coefficient (Wildman–Crippen LogP) is 3.15. The molecule has 1 aromatic heterocycles. The lowest BCUT2D eigenvalue weighted by atomic mass is 10.1. The van der Waals surface area contributed by atoms with E-state index in [4.69, 9.17) is 0 Å². The minimum Gasteiger partial charge on any atom is -0.366 e. The van der Waals surface area contributed by atoms with Crippen molar-refractivity contribution in [2.45, 2.75) is 18.9 Å². The van der Waals surface area contributed by atoms with Gasteiger partial charge in [-0.15, -0.1) is 0 Å². The summed E-state index contributed by atoms with van der Waals surface area (Å²) in [7, 11) is 0. The van der Waals surface area contributed by atoms with Gasteiger partial charge < -0.3 is 5.32 Å². The van der Waals surface area contributed by atoms with Crippen LogP contribution in [0.5, 0.6) is 0 Å². The van der Waals surface area contributed by atoms with Crippen molar-refractivity contribution in [2.24, 2.45) is 0 Å². The van der Waals surface area contributed by atoms with E-state index in [9.17, 15) is 0 Å². The van der Waals surface area contributed by atoms with Crippen molar-refractivity contribution in [3.63, 3.8) is 0 Å². The molecule has 0 aliphatic carbocycles. The first-order chi connectivity index (χ1) is 6.86. The molecule has 1 aliphatic rings. The Morgan fingerprint density at radius 3 is 2.93 bits per heavy atom. The van der Waals surface area contributed by atoms with Crippen molar-refractivity contribution in [1.82, 2.24) is 4.98 Å². The van der Waals surface area contributed by atoms with E-state index in [1.165, 1.54) is 24.3 Å². The zero-order chi connectivity index (χ0) is 9.80. The first-order valence-corrected chi connectivity index (χ1v) is 6.76. The number of hydrogen-bond donors (Lipinski definition) is 1. The number of nitrogens with one attached hydrogen (secondary N) is 1. The summed E-state index contributed by atoms with van der Waals surface area (Å²) >= 11 is 5.53. The largest absolute Gasteiger partial charge is 0.366 e. The molecule has 2 nitrogen and oxygen atoms in total. The van der Waals surface area contributed by atoms with Gasteiger partial charge in [-0.2, -0.15) is 11.8 Å². The summed E-state index contributed by atoms with van der Waals surface area (Å²) in [5, 5.41) is 3.48. The lowest BCUT2D eigenvalue weighted by Crippen LogP contribution is -2.25. The summed E-state index contributed by atoms with van der Waals surface area (Å²) in [6, 6.07) is 4.56. The highest BCUT2D eigenvalue weighted by Gasteiger charge is 2.14. The molecule has 1 fully saturated rings. The molecule has 0 aromatic carbocycles. The third-order valence-corrected chi connectivity index (χ3v) is 4.01. The molecule has 0 unspecified atom stereocenters. The Balaban J connectivity index is 1.99. The molecule has 14 heavy (non-hydrogen) atoms. The molecule has 0 saturated carbocycles. The van der Waals surface area contributed by atoms with E-state index in [0.717, 1.165) is 10.3 Å². The Kier molecular flexibility index (Phi) is 3.70. The predicted molar refractivity (Wildman–Crippen MR) is 65.9 cm³/mol. The zero-order valence-corrected chi connectivity index (χ0v) is 10.3. The van der Waals surface area contributed by atoms with Crippen molar-refractivity contribution in [3.05, 3.63) is 22.8 Å². The van der Waals surface area contributed by atoms with Gasteiger partial charge in [-0.3, -0.25) is 0 Å². The van der Waals surface area contributed by atoms with Crippen LogP contribution in [0.3, 0.4) is 0 Å². The fourth-order valence-corrected chi connectivity index (χ4v) is 3.00. The monoisotopic (exact) mass is 272 g/mol. The van der Waals surface area contributed by atoms with Crippen LogP contribution in [0.2, 0.25) is 0 Å². The number of nitrogens with zero attached hydrogens (tertiary/aromatic N) is 1. The van der Waals surface area contributed by atoms with Crippen LogP contribution < -0.4 is 5.32 Å². The highest BCUT2D eigenvalue weighted by atomic mass is 79.9. The standard InChI is InChI=1S/C10H13BrN2S/c11-9-2-1-5-12-10(9)13-8-3-6-14-7-4-8/h1-2,5,8H,3-4,6-7H2,(H,12,13). The lowest BCUT2D eigenvalue weighted by Gasteiger charge is -2.23. The van der Waals surface area contributed by atoms with E-state index >= 15 is 0 Å². The van der Waals surface area contributed by atoms with Crippen LogP contribution in [0.25, 0.3) is 0 Å². The Morgan fingerprint density at radius 2 is 2.21 bits per heavy atom. The van der Waals surface area contributed by atoms with Crippen LogP contribution in [0.4, 0.5) is 5.82 Å². The SMILES string of the molecule is Brc1cccnc1NC1CCSCC1. The maximum absolute atomic E-state index is 4.31. The second-order valence-corrected chi connectivity index (χ2v) is 5.44. The van der Waals surface area contributed by atoms with Gasteiger partial charge in [-0.05, 0) is 52.4 Å². The van der Waals surface area contributed by atoms with E-state index in [0.29, 0.717) is 6.04 Å². The summed E-state index contributed by atoms with van der Waals surface area (Å²) in [5.74, 6) is 3.51. The molecule has 2 rings (SSSR count). The number of thioether (sulfide) groups is 1. The number of aromatic nitrogens is 1. The molecule has 2 heterocycles. The van der Waals surface area contributed by atoms with Crippen LogP contribution in [0.1, 0.15) is 12.8 Å². The Morgan fingerprint density at radius 1 is 1.43 bits per heavy atom. The third kappa shape index (κ3) is 2.64. The first-order valence-electron chi connectivity index (χ1n) is 4.81. The van der Waals surface area contributed by atoms with Crippen molar-refractivity contribution < 1.29 is 0 Å². The molecule has 0 atom stereocenters. The molecule has 76 valence electrons. The van der Waals surface area contributed by atoms with Crippen LogP contribution in [-0.2, 0) is 0 Å². The van der Waals surface area contributed by atoms with Crippen molar-refractivity contribution >= 4 is 33.5 Å². The summed E-state index contributed by atoms with van der Waals surface area (Å²) in [6.07, 6.45) is 4.31. The minimum absolute atomic E-state index is 0.599. The zero-order valence-electron chi connectivity index (χ0n) is 7.87. The molecule has 1 aromatic rings. The topological polar surface area (TPSA) is 24.9 Å². The maximum atomic E-state index is 4.31. The number of anilines is 1. The molecular weight excluding hydrogens is 260 g/mol. The summed E-state index contributed by atoms with van der Waals surface area (Å²) in [6.45, 7) is 0. The van der Waals surface area contributed by atoms with Crippen molar-refractivity contribution in [3.8, 4) is 0 Å². The molecule has 1 saturated heterocycles. The first kappa shape index (κ1) is 10.3. The van der Waals surface area contributed by atoms with Gasteiger partial charge in [0.25, 0.3) is 0 Å². The molecule has 0 amide bonds. The van der Waals surface area contributed by atoms with E-state index in [1.54, 1.807) is 0 Å². The van der Waals surface area contributed by atoms with Crippen LogP contribution in [0, 0.1) is 0 Å².